The summed E-state index contributed by atoms with van der Waals surface area (Å²) in [5.41, 5.74) is 3.91. The quantitative estimate of drug-likeness (QED) is 0.208. The Kier molecular flexibility index (Phi) is 6.78. The molecule has 1 amide bonds. The van der Waals surface area contributed by atoms with E-state index in [0.717, 1.165) is 43.5 Å². The predicted molar refractivity (Wildman–Crippen MR) is 145 cm³/mol. The molecule has 188 valence electrons. The number of benzene rings is 2. The number of nitro benzene ring substituents is 1. The van der Waals surface area contributed by atoms with E-state index in [9.17, 15) is 14.9 Å². The average molecular weight is 517 g/mol. The molecule has 0 radical (unpaired) electrons. The van der Waals surface area contributed by atoms with Crippen LogP contribution in [0.25, 0.3) is 22.7 Å². The smallest absolute Gasteiger partial charge is 0.293 e. The molecular weight excluding hydrogens is 492 g/mol. The zero-order chi connectivity index (χ0) is 25.9. The van der Waals surface area contributed by atoms with Gasteiger partial charge in [-0.05, 0) is 80.4 Å². The number of pyridine rings is 1. The summed E-state index contributed by atoms with van der Waals surface area (Å²) in [5, 5.41) is 17.4. The lowest BCUT2D eigenvalue weighted by Gasteiger charge is -2.28. The number of anilines is 2. The Morgan fingerprint density at radius 1 is 1.14 bits per heavy atom. The zero-order valence-corrected chi connectivity index (χ0v) is 20.9. The van der Waals surface area contributed by atoms with Crippen LogP contribution < -0.4 is 15.5 Å². The number of amides is 1. The molecule has 0 saturated carbocycles. The van der Waals surface area contributed by atoms with Crippen LogP contribution in [-0.4, -0.2) is 39.0 Å². The fourth-order valence-electron chi connectivity index (χ4n) is 4.43. The number of oxazole rings is 1. The van der Waals surface area contributed by atoms with Crippen LogP contribution in [0.3, 0.4) is 0 Å². The van der Waals surface area contributed by atoms with Gasteiger partial charge in [0.1, 0.15) is 5.69 Å². The van der Waals surface area contributed by atoms with Gasteiger partial charge in [0.25, 0.3) is 11.6 Å². The van der Waals surface area contributed by atoms with Crippen molar-refractivity contribution < 1.29 is 14.1 Å². The van der Waals surface area contributed by atoms with Gasteiger partial charge >= 0.3 is 0 Å². The summed E-state index contributed by atoms with van der Waals surface area (Å²) in [7, 11) is 0. The van der Waals surface area contributed by atoms with Crippen molar-refractivity contribution in [3.8, 4) is 11.5 Å². The molecule has 11 heteroatoms. The van der Waals surface area contributed by atoms with E-state index >= 15 is 0 Å². The van der Waals surface area contributed by atoms with E-state index in [1.54, 1.807) is 30.5 Å². The number of piperidine rings is 1. The summed E-state index contributed by atoms with van der Waals surface area (Å²) in [6.07, 6.45) is 4.74. The summed E-state index contributed by atoms with van der Waals surface area (Å²) in [5.74, 6) is -0.115. The molecule has 4 aromatic rings. The molecular formula is C26H24N6O4S. The molecule has 0 aliphatic carbocycles. The SMILES string of the molecule is Cc1c(NC(=S)NC(=O)c2ccc(N3CCCCC3)c([N+](=O)[O-])c2)cccc1-c1nc2ncccc2o1. The number of fused-ring (bicyclic) bond motifs is 1. The number of hydrogen-bond donors (Lipinski definition) is 2. The molecule has 0 bridgehead atoms. The van der Waals surface area contributed by atoms with Gasteiger partial charge in [-0.25, -0.2) is 4.98 Å². The molecule has 1 saturated heterocycles. The maximum absolute atomic E-state index is 12.9. The monoisotopic (exact) mass is 516 g/mol. The van der Waals surface area contributed by atoms with E-state index in [1.807, 2.05) is 30.0 Å². The van der Waals surface area contributed by atoms with Crippen molar-refractivity contribution in [3.05, 3.63) is 76.0 Å². The second-order valence-corrected chi connectivity index (χ2v) is 9.15. The van der Waals surface area contributed by atoms with Crippen LogP contribution in [0.5, 0.6) is 0 Å². The minimum absolute atomic E-state index is 0.0623. The summed E-state index contributed by atoms with van der Waals surface area (Å²) >= 11 is 5.36. The van der Waals surface area contributed by atoms with Crippen LogP contribution in [0.2, 0.25) is 0 Å². The maximum Gasteiger partial charge on any atom is 0.293 e. The van der Waals surface area contributed by atoms with Crippen molar-refractivity contribution in [2.45, 2.75) is 26.2 Å². The minimum Gasteiger partial charge on any atom is -0.434 e. The average Bonchev–Trinajstić information content (AvgIpc) is 3.34. The first-order valence-corrected chi connectivity index (χ1v) is 12.3. The predicted octanol–water partition coefficient (Wildman–Crippen LogP) is 5.22. The summed E-state index contributed by atoms with van der Waals surface area (Å²) in [6.45, 7) is 3.41. The molecule has 0 atom stereocenters. The van der Waals surface area contributed by atoms with Gasteiger partial charge in [0.15, 0.2) is 16.3 Å². The number of nitro groups is 1. The number of aromatic nitrogens is 2. The molecule has 0 spiro atoms. The van der Waals surface area contributed by atoms with Gasteiger partial charge in [-0.3, -0.25) is 20.2 Å². The Morgan fingerprint density at radius 3 is 2.70 bits per heavy atom. The van der Waals surface area contributed by atoms with E-state index in [-0.39, 0.29) is 16.4 Å². The number of hydrogen-bond acceptors (Lipinski definition) is 8. The van der Waals surface area contributed by atoms with Crippen LogP contribution >= 0.6 is 12.2 Å². The lowest BCUT2D eigenvalue weighted by atomic mass is 10.1. The highest BCUT2D eigenvalue weighted by atomic mass is 32.1. The molecule has 10 nitrogen and oxygen atoms in total. The van der Waals surface area contributed by atoms with Gasteiger partial charge < -0.3 is 14.6 Å². The molecule has 5 rings (SSSR count). The van der Waals surface area contributed by atoms with Gasteiger partial charge in [-0.2, -0.15) is 4.98 Å². The lowest BCUT2D eigenvalue weighted by Crippen LogP contribution is -2.34. The first-order chi connectivity index (χ1) is 17.9. The van der Waals surface area contributed by atoms with E-state index in [4.69, 9.17) is 16.6 Å². The molecule has 37 heavy (non-hydrogen) atoms. The number of nitrogens with one attached hydrogen (secondary N) is 2. The van der Waals surface area contributed by atoms with Gasteiger partial charge in [-0.1, -0.05) is 6.07 Å². The molecule has 0 unspecified atom stereocenters. The first-order valence-electron chi connectivity index (χ1n) is 11.9. The van der Waals surface area contributed by atoms with Gasteiger partial charge in [0.05, 0.1) is 4.92 Å². The van der Waals surface area contributed by atoms with E-state index in [1.165, 1.54) is 6.07 Å². The third-order valence-corrected chi connectivity index (χ3v) is 6.54. The topological polar surface area (TPSA) is 126 Å². The molecule has 1 fully saturated rings. The van der Waals surface area contributed by atoms with E-state index < -0.39 is 10.8 Å². The highest BCUT2D eigenvalue weighted by molar-refractivity contribution is 7.80. The van der Waals surface area contributed by atoms with Gasteiger partial charge in [0, 0.05) is 42.2 Å². The van der Waals surface area contributed by atoms with Crippen LogP contribution in [0.15, 0.2) is 59.1 Å². The number of thiocarbonyl (C=S) groups is 1. The molecule has 3 heterocycles. The van der Waals surface area contributed by atoms with Crippen LogP contribution in [0.4, 0.5) is 17.1 Å². The highest BCUT2D eigenvalue weighted by Crippen LogP contribution is 2.32. The van der Waals surface area contributed by atoms with Crippen LogP contribution in [-0.2, 0) is 0 Å². The van der Waals surface area contributed by atoms with Gasteiger partial charge in [-0.15, -0.1) is 0 Å². The Labute approximate surface area is 217 Å². The zero-order valence-electron chi connectivity index (χ0n) is 20.1. The van der Waals surface area contributed by atoms with Crippen molar-refractivity contribution in [1.29, 1.82) is 0 Å². The van der Waals surface area contributed by atoms with E-state index in [2.05, 4.69) is 20.6 Å². The molecule has 1 aliphatic heterocycles. The first kappa shape index (κ1) is 24.3. The fraction of sp³-hybridized carbons (Fsp3) is 0.231. The van der Waals surface area contributed by atoms with Crippen molar-refractivity contribution in [3.63, 3.8) is 0 Å². The summed E-state index contributed by atoms with van der Waals surface area (Å²) in [4.78, 5) is 34.8. The summed E-state index contributed by atoms with van der Waals surface area (Å²) < 4.78 is 5.84. The second-order valence-electron chi connectivity index (χ2n) is 8.74. The van der Waals surface area contributed by atoms with Crippen LogP contribution in [0.1, 0.15) is 35.2 Å². The molecule has 2 N–H and O–H groups in total. The maximum atomic E-state index is 12.9. The van der Waals surface area contributed by atoms with E-state index in [0.29, 0.717) is 28.5 Å². The van der Waals surface area contributed by atoms with Crippen molar-refractivity contribution in [2.24, 2.45) is 0 Å². The molecule has 1 aliphatic rings. The van der Waals surface area contributed by atoms with Gasteiger partial charge in [0.2, 0.25) is 5.89 Å². The van der Waals surface area contributed by atoms with Crippen molar-refractivity contribution in [2.75, 3.05) is 23.3 Å². The van der Waals surface area contributed by atoms with Crippen molar-refractivity contribution >= 4 is 51.5 Å². The standard InChI is InChI=1S/C26H24N6O4S/c1-16-18(25-29-23-22(36-25)9-6-12-27-23)7-5-8-19(16)28-26(37)30-24(33)17-10-11-20(21(15-17)32(34)35)31-13-3-2-4-14-31/h5-12,15H,2-4,13-14H2,1H3,(H2,28,30,33,37). The molecule has 2 aromatic carbocycles. The Hall–Kier alpha value is -4.38. The highest BCUT2D eigenvalue weighted by Gasteiger charge is 2.23. The third-order valence-electron chi connectivity index (χ3n) is 6.34. The normalized spacial score (nSPS) is 13.4. The van der Waals surface area contributed by atoms with Crippen molar-refractivity contribution in [1.82, 2.24) is 15.3 Å². The Bertz CT molecular complexity index is 1480. The third kappa shape index (κ3) is 5.12. The molecule has 2 aromatic heterocycles. The number of nitrogens with zero attached hydrogens (tertiary/aromatic N) is 4. The van der Waals surface area contributed by atoms with Crippen LogP contribution in [0, 0.1) is 17.0 Å². The Balaban J connectivity index is 1.31. The number of rotatable bonds is 5. The summed E-state index contributed by atoms with van der Waals surface area (Å²) in [6, 6.07) is 13.6. The largest absolute Gasteiger partial charge is 0.434 e. The lowest BCUT2D eigenvalue weighted by molar-refractivity contribution is -0.384. The minimum atomic E-state index is -0.537. The number of carbonyl (C=O) groups excluding carboxylic acids is 1. The Morgan fingerprint density at radius 2 is 1.95 bits per heavy atom. The fourth-order valence-corrected chi connectivity index (χ4v) is 4.63. The second kappa shape index (κ2) is 10.3. The number of carbonyl (C=O) groups is 1.